The van der Waals surface area contributed by atoms with Crippen molar-refractivity contribution in [3.8, 4) is 5.75 Å². The summed E-state index contributed by atoms with van der Waals surface area (Å²) in [6.07, 6.45) is -0.265. The zero-order chi connectivity index (χ0) is 25.8. The van der Waals surface area contributed by atoms with Gasteiger partial charge in [-0.05, 0) is 78.9 Å². The minimum Gasteiger partial charge on any atom is -0.497 e. The number of rotatable bonds is 7. The van der Waals surface area contributed by atoms with E-state index < -0.39 is 23.8 Å². The van der Waals surface area contributed by atoms with Gasteiger partial charge in [-0.1, -0.05) is 33.6 Å². The second-order valence-electron chi connectivity index (χ2n) is 7.75. The van der Waals surface area contributed by atoms with Crippen molar-refractivity contribution >= 4 is 74.0 Å². The smallest absolute Gasteiger partial charge is 0.269 e. The minimum atomic E-state index is -1.07. The van der Waals surface area contributed by atoms with E-state index in [-0.39, 0.29) is 11.5 Å². The van der Waals surface area contributed by atoms with Gasteiger partial charge in [0.15, 0.2) is 0 Å². The molecule has 1 aliphatic rings. The first kappa shape index (κ1) is 25.6. The molecule has 0 saturated carbocycles. The van der Waals surface area contributed by atoms with Crippen molar-refractivity contribution in [2.45, 2.75) is 12.5 Å². The molecule has 1 fully saturated rings. The zero-order valence-corrected chi connectivity index (χ0v) is 22.1. The highest BCUT2D eigenvalue weighted by Gasteiger charge is 2.45. The molecule has 0 aromatic heterocycles. The lowest BCUT2D eigenvalue weighted by atomic mass is 10.1. The number of nitrogens with one attached hydrogen (secondary N) is 2. The number of carbonyl (C=O) groups is 3. The van der Waals surface area contributed by atoms with Crippen LogP contribution in [0.2, 0.25) is 5.02 Å². The summed E-state index contributed by atoms with van der Waals surface area (Å²) in [5.41, 5.74) is 4.02. The van der Waals surface area contributed by atoms with E-state index in [1.54, 1.807) is 72.8 Å². The van der Waals surface area contributed by atoms with Gasteiger partial charge < -0.3 is 10.1 Å². The average Bonchev–Trinajstić information content (AvgIpc) is 3.08. The molecule has 11 heteroatoms. The van der Waals surface area contributed by atoms with Crippen LogP contribution in [0, 0.1) is 0 Å². The predicted molar refractivity (Wildman–Crippen MR) is 145 cm³/mol. The van der Waals surface area contributed by atoms with Crippen LogP contribution < -0.4 is 20.4 Å². The Morgan fingerprint density at radius 3 is 2.42 bits per heavy atom. The fourth-order valence-electron chi connectivity index (χ4n) is 3.60. The third-order valence-corrected chi connectivity index (χ3v) is 6.50. The number of thiocarbonyl (C=S) groups is 1. The molecular weight excluding hydrogens is 568 g/mol. The van der Waals surface area contributed by atoms with Crippen LogP contribution in [0.15, 0.2) is 77.3 Å². The molecule has 0 spiro atoms. The molecule has 36 heavy (non-hydrogen) atoms. The lowest BCUT2D eigenvalue weighted by Crippen LogP contribution is -2.49. The molecule has 0 bridgehead atoms. The number of hydrogen-bond acceptors (Lipinski definition) is 5. The Labute approximate surface area is 226 Å². The Hall–Kier alpha value is -3.47. The number of benzene rings is 3. The lowest BCUT2D eigenvalue weighted by Gasteiger charge is -2.24. The molecule has 3 aromatic rings. The summed E-state index contributed by atoms with van der Waals surface area (Å²) in [7, 11) is 1.54. The summed E-state index contributed by atoms with van der Waals surface area (Å²) < 4.78 is 6.00. The molecule has 1 atom stereocenters. The Morgan fingerprint density at radius 1 is 1.08 bits per heavy atom. The summed E-state index contributed by atoms with van der Waals surface area (Å²) in [5.74, 6) is -0.774. The SMILES string of the molecule is COc1ccc(N2C(=O)C(CC(=O)Nc3cccc(Cl)c3)N(NC(=O)c3ccc(Br)cc3)C2=S)cc1. The summed E-state index contributed by atoms with van der Waals surface area (Å²) in [6, 6.07) is 19.0. The van der Waals surface area contributed by atoms with E-state index in [0.29, 0.717) is 27.7 Å². The molecule has 1 saturated heterocycles. The third kappa shape index (κ3) is 5.67. The molecule has 8 nitrogen and oxygen atoms in total. The number of anilines is 2. The van der Waals surface area contributed by atoms with Gasteiger partial charge in [-0.3, -0.25) is 24.7 Å². The molecule has 3 aromatic carbocycles. The van der Waals surface area contributed by atoms with E-state index in [1.165, 1.54) is 17.0 Å². The van der Waals surface area contributed by atoms with E-state index in [9.17, 15) is 14.4 Å². The highest BCUT2D eigenvalue weighted by molar-refractivity contribution is 9.10. The second-order valence-corrected chi connectivity index (χ2v) is 9.47. The summed E-state index contributed by atoms with van der Waals surface area (Å²) in [4.78, 5) is 40.6. The van der Waals surface area contributed by atoms with Crippen LogP contribution in [0.1, 0.15) is 16.8 Å². The number of nitrogens with zero attached hydrogens (tertiary/aromatic N) is 2. The van der Waals surface area contributed by atoms with Gasteiger partial charge in [0.1, 0.15) is 11.8 Å². The maximum absolute atomic E-state index is 13.5. The first-order chi connectivity index (χ1) is 17.3. The summed E-state index contributed by atoms with van der Waals surface area (Å²) in [6.45, 7) is 0. The van der Waals surface area contributed by atoms with Crippen LogP contribution in [0.3, 0.4) is 0 Å². The Bertz CT molecular complexity index is 1320. The molecule has 3 amide bonds. The summed E-state index contributed by atoms with van der Waals surface area (Å²) in [5, 5.41) is 4.48. The highest BCUT2D eigenvalue weighted by Crippen LogP contribution is 2.28. The molecular formula is C25H20BrClN4O4S. The quantitative estimate of drug-likeness (QED) is 0.387. The Morgan fingerprint density at radius 2 is 1.78 bits per heavy atom. The number of amides is 3. The molecule has 0 aliphatic carbocycles. The standard InChI is InChI=1S/C25H20BrClN4O4S/c1-35-20-11-9-19(10-12-20)30-24(34)21(14-22(32)28-18-4-2-3-17(27)13-18)31(25(30)36)29-23(33)15-5-7-16(26)8-6-15/h2-13,21H,14H2,1H3,(H,28,32)(H,29,33). The first-order valence-corrected chi connectivity index (χ1v) is 12.3. The molecule has 1 unspecified atom stereocenters. The fourth-order valence-corrected chi connectivity index (χ4v) is 4.42. The van der Waals surface area contributed by atoms with Crippen molar-refractivity contribution in [3.63, 3.8) is 0 Å². The van der Waals surface area contributed by atoms with Gasteiger partial charge in [0.25, 0.3) is 11.8 Å². The molecule has 2 N–H and O–H groups in total. The zero-order valence-electron chi connectivity index (χ0n) is 18.9. The predicted octanol–water partition coefficient (Wildman–Crippen LogP) is 4.79. The average molecular weight is 588 g/mol. The van der Waals surface area contributed by atoms with Gasteiger partial charge in [-0.15, -0.1) is 0 Å². The van der Waals surface area contributed by atoms with E-state index in [2.05, 4.69) is 26.7 Å². The second kappa shape index (κ2) is 11.1. The number of halogens is 2. The molecule has 0 radical (unpaired) electrons. The van der Waals surface area contributed by atoms with E-state index in [1.807, 2.05) is 0 Å². The van der Waals surface area contributed by atoms with Crippen molar-refractivity contribution in [1.82, 2.24) is 10.4 Å². The largest absolute Gasteiger partial charge is 0.497 e. The number of methoxy groups -OCH3 is 1. The maximum atomic E-state index is 13.5. The minimum absolute atomic E-state index is 0.0381. The molecule has 1 aliphatic heterocycles. The summed E-state index contributed by atoms with van der Waals surface area (Å²) >= 11 is 14.9. The van der Waals surface area contributed by atoms with E-state index >= 15 is 0 Å². The van der Waals surface area contributed by atoms with Crippen LogP contribution in [0.5, 0.6) is 5.75 Å². The maximum Gasteiger partial charge on any atom is 0.269 e. The fraction of sp³-hybridized carbons (Fsp3) is 0.120. The molecule has 1 heterocycles. The Kier molecular flexibility index (Phi) is 7.88. The van der Waals surface area contributed by atoms with Gasteiger partial charge in [-0.2, -0.15) is 0 Å². The number of carbonyl (C=O) groups excluding carboxylic acids is 3. The van der Waals surface area contributed by atoms with Crippen molar-refractivity contribution in [2.24, 2.45) is 0 Å². The monoisotopic (exact) mass is 586 g/mol. The van der Waals surface area contributed by atoms with Crippen molar-refractivity contribution in [3.05, 3.63) is 87.9 Å². The topological polar surface area (TPSA) is 91.0 Å². The lowest BCUT2D eigenvalue weighted by molar-refractivity contribution is -0.124. The number of hydrogen-bond donors (Lipinski definition) is 2. The van der Waals surface area contributed by atoms with Crippen LogP contribution in [-0.4, -0.2) is 41.0 Å². The third-order valence-electron chi connectivity index (χ3n) is 5.36. The van der Waals surface area contributed by atoms with Crippen LogP contribution in [0.4, 0.5) is 11.4 Å². The van der Waals surface area contributed by atoms with Crippen molar-refractivity contribution in [1.29, 1.82) is 0 Å². The van der Waals surface area contributed by atoms with Crippen LogP contribution in [-0.2, 0) is 9.59 Å². The van der Waals surface area contributed by atoms with Gasteiger partial charge in [-0.25, -0.2) is 5.01 Å². The first-order valence-electron chi connectivity index (χ1n) is 10.7. The number of ether oxygens (including phenoxy) is 1. The van der Waals surface area contributed by atoms with Gasteiger partial charge in [0.05, 0.1) is 19.2 Å². The van der Waals surface area contributed by atoms with Crippen LogP contribution >= 0.6 is 39.7 Å². The van der Waals surface area contributed by atoms with Crippen LogP contribution in [0.25, 0.3) is 0 Å². The van der Waals surface area contributed by atoms with Crippen molar-refractivity contribution < 1.29 is 19.1 Å². The normalized spacial score (nSPS) is 15.1. The number of hydrazine groups is 1. The van der Waals surface area contributed by atoms with Crippen molar-refractivity contribution in [2.75, 3.05) is 17.3 Å². The molecule has 4 rings (SSSR count). The highest BCUT2D eigenvalue weighted by atomic mass is 79.9. The molecule has 184 valence electrons. The van der Waals surface area contributed by atoms with Gasteiger partial charge in [0.2, 0.25) is 11.0 Å². The van der Waals surface area contributed by atoms with E-state index in [4.69, 9.17) is 28.6 Å². The van der Waals surface area contributed by atoms with Gasteiger partial charge in [0, 0.05) is 20.7 Å². The Balaban J connectivity index is 1.60. The van der Waals surface area contributed by atoms with E-state index in [0.717, 1.165) is 4.47 Å². The van der Waals surface area contributed by atoms with Gasteiger partial charge >= 0.3 is 0 Å².